The fraction of sp³-hybridized carbons (Fsp3) is 0.136. The van der Waals surface area contributed by atoms with Gasteiger partial charge in [-0.1, -0.05) is 60.7 Å². The molecule has 1 aliphatic heterocycles. The van der Waals surface area contributed by atoms with Gasteiger partial charge in [-0.3, -0.25) is 4.79 Å². The van der Waals surface area contributed by atoms with Crippen molar-refractivity contribution in [2.75, 3.05) is 6.54 Å². The molecule has 1 saturated heterocycles. The number of likely N-dealkylation sites (tertiary alicyclic amines) is 1. The van der Waals surface area contributed by atoms with Crippen molar-refractivity contribution in [3.05, 3.63) is 89.7 Å². The van der Waals surface area contributed by atoms with Crippen LogP contribution in [-0.2, 0) is 11.3 Å². The molecule has 3 aromatic rings. The van der Waals surface area contributed by atoms with Crippen molar-refractivity contribution in [1.82, 2.24) is 4.90 Å². The summed E-state index contributed by atoms with van der Waals surface area (Å²) in [6.07, 6.45) is 2.63. The van der Waals surface area contributed by atoms with E-state index in [2.05, 4.69) is 0 Å². The van der Waals surface area contributed by atoms with Crippen LogP contribution in [0.1, 0.15) is 17.7 Å². The molecule has 4 rings (SSSR count). The second kappa shape index (κ2) is 6.81. The molecule has 0 spiro atoms. The van der Waals surface area contributed by atoms with Gasteiger partial charge in [-0.15, -0.1) is 0 Å². The molecule has 3 heteroatoms. The van der Waals surface area contributed by atoms with Crippen LogP contribution in [0, 0.1) is 0 Å². The Balaban J connectivity index is 1.49. The molecule has 2 heterocycles. The lowest BCUT2D eigenvalue weighted by atomic mass is 10.2. The Morgan fingerprint density at radius 1 is 0.920 bits per heavy atom. The zero-order valence-corrected chi connectivity index (χ0v) is 13.9. The zero-order valence-electron chi connectivity index (χ0n) is 13.9. The third-order valence-corrected chi connectivity index (χ3v) is 4.43. The highest BCUT2D eigenvalue weighted by Crippen LogP contribution is 2.26. The molecule has 1 aromatic heterocycles. The van der Waals surface area contributed by atoms with Crippen molar-refractivity contribution in [2.24, 2.45) is 0 Å². The highest BCUT2D eigenvalue weighted by Gasteiger charge is 2.26. The second-order valence-electron chi connectivity index (χ2n) is 6.20. The summed E-state index contributed by atoms with van der Waals surface area (Å²) in [5, 5.41) is 0. The molecule has 0 saturated carbocycles. The second-order valence-corrected chi connectivity index (χ2v) is 6.20. The lowest BCUT2D eigenvalue weighted by Crippen LogP contribution is -2.24. The number of nitrogens with zero attached hydrogens (tertiary/aromatic N) is 1. The maximum Gasteiger partial charge on any atom is 0.250 e. The summed E-state index contributed by atoms with van der Waals surface area (Å²) in [5.74, 6) is 1.64. The first-order valence-corrected chi connectivity index (χ1v) is 8.48. The number of carbonyl (C=O) groups excluding carboxylic acids is 1. The fourth-order valence-electron chi connectivity index (χ4n) is 3.12. The largest absolute Gasteiger partial charge is 0.457 e. The van der Waals surface area contributed by atoms with Crippen LogP contribution in [0.4, 0.5) is 0 Å². The summed E-state index contributed by atoms with van der Waals surface area (Å²) in [6, 6.07) is 23.9. The molecule has 0 bridgehead atoms. The van der Waals surface area contributed by atoms with Gasteiger partial charge in [-0.25, -0.2) is 0 Å². The molecule has 1 amide bonds. The smallest absolute Gasteiger partial charge is 0.250 e. The van der Waals surface area contributed by atoms with E-state index in [1.54, 1.807) is 0 Å². The van der Waals surface area contributed by atoms with Gasteiger partial charge in [0.2, 0.25) is 5.91 Å². The Morgan fingerprint density at radius 3 is 2.40 bits per heavy atom. The number of amides is 1. The van der Waals surface area contributed by atoms with Crippen LogP contribution < -0.4 is 0 Å². The normalized spacial score (nSPS) is 15.9. The standard InChI is InChI=1S/C22H19NO2/c24-22-19(13-14-23(22)16-17-7-3-1-4-8-17)15-20-11-12-21(25-20)18-9-5-2-6-10-18/h1-12,15H,13-14,16H2. The maximum absolute atomic E-state index is 12.6. The number of carbonyl (C=O) groups is 1. The molecule has 0 atom stereocenters. The van der Waals surface area contributed by atoms with Gasteiger partial charge in [0.25, 0.3) is 0 Å². The van der Waals surface area contributed by atoms with Crippen molar-refractivity contribution in [2.45, 2.75) is 13.0 Å². The lowest BCUT2D eigenvalue weighted by molar-refractivity contribution is -0.125. The third kappa shape index (κ3) is 3.41. The first kappa shape index (κ1) is 15.5. The van der Waals surface area contributed by atoms with Crippen molar-refractivity contribution in [3.8, 4) is 11.3 Å². The van der Waals surface area contributed by atoms with E-state index < -0.39 is 0 Å². The molecule has 124 valence electrons. The Bertz CT molecular complexity index is 894. The van der Waals surface area contributed by atoms with Crippen LogP contribution in [0.5, 0.6) is 0 Å². The van der Waals surface area contributed by atoms with Crippen LogP contribution in [-0.4, -0.2) is 17.4 Å². The zero-order chi connectivity index (χ0) is 17.1. The van der Waals surface area contributed by atoms with Crippen LogP contribution in [0.2, 0.25) is 0 Å². The molecule has 0 aliphatic carbocycles. The topological polar surface area (TPSA) is 33.5 Å². The van der Waals surface area contributed by atoms with Gasteiger partial charge in [0, 0.05) is 24.2 Å². The lowest BCUT2D eigenvalue weighted by Gasteiger charge is -2.14. The number of rotatable bonds is 4. The molecule has 3 nitrogen and oxygen atoms in total. The van der Waals surface area contributed by atoms with E-state index in [1.807, 2.05) is 83.8 Å². The fourth-order valence-corrected chi connectivity index (χ4v) is 3.12. The molecule has 1 fully saturated rings. The SMILES string of the molecule is O=C1C(=Cc2ccc(-c3ccccc3)o2)CCN1Cc1ccccc1. The minimum Gasteiger partial charge on any atom is -0.457 e. The predicted molar refractivity (Wildman–Crippen MR) is 98.6 cm³/mol. The predicted octanol–water partition coefficient (Wildman–Crippen LogP) is 4.76. The van der Waals surface area contributed by atoms with Crippen molar-refractivity contribution >= 4 is 12.0 Å². The molecule has 2 aromatic carbocycles. The van der Waals surface area contributed by atoms with E-state index in [0.717, 1.165) is 41.2 Å². The Hall–Kier alpha value is -3.07. The number of hydrogen-bond donors (Lipinski definition) is 0. The molecular formula is C22H19NO2. The molecule has 0 N–H and O–H groups in total. The molecule has 25 heavy (non-hydrogen) atoms. The van der Waals surface area contributed by atoms with E-state index in [0.29, 0.717) is 6.54 Å². The number of hydrogen-bond acceptors (Lipinski definition) is 2. The minimum atomic E-state index is 0.0986. The summed E-state index contributed by atoms with van der Waals surface area (Å²) in [7, 11) is 0. The summed E-state index contributed by atoms with van der Waals surface area (Å²) in [4.78, 5) is 14.5. The minimum absolute atomic E-state index is 0.0986. The van der Waals surface area contributed by atoms with Crippen molar-refractivity contribution in [3.63, 3.8) is 0 Å². The average molecular weight is 329 g/mol. The molecule has 0 radical (unpaired) electrons. The summed E-state index contributed by atoms with van der Waals surface area (Å²) >= 11 is 0. The average Bonchev–Trinajstić information content (AvgIpc) is 3.26. The number of furan rings is 1. The van der Waals surface area contributed by atoms with Gasteiger partial charge in [0.05, 0.1) is 0 Å². The quantitative estimate of drug-likeness (QED) is 0.647. The third-order valence-electron chi connectivity index (χ3n) is 4.43. The van der Waals surface area contributed by atoms with Crippen LogP contribution in [0.3, 0.4) is 0 Å². The highest BCUT2D eigenvalue weighted by atomic mass is 16.3. The van der Waals surface area contributed by atoms with Crippen molar-refractivity contribution < 1.29 is 9.21 Å². The summed E-state index contributed by atoms with van der Waals surface area (Å²) < 4.78 is 5.89. The Morgan fingerprint density at radius 2 is 1.64 bits per heavy atom. The first-order valence-electron chi connectivity index (χ1n) is 8.48. The Labute approximate surface area is 147 Å². The molecule has 0 unspecified atom stereocenters. The van der Waals surface area contributed by atoms with Gasteiger partial charge in [-0.2, -0.15) is 0 Å². The van der Waals surface area contributed by atoms with Gasteiger partial charge < -0.3 is 9.32 Å². The number of benzene rings is 2. The van der Waals surface area contributed by atoms with Gasteiger partial charge in [0.1, 0.15) is 11.5 Å². The molecular weight excluding hydrogens is 310 g/mol. The van der Waals surface area contributed by atoms with Crippen LogP contribution >= 0.6 is 0 Å². The maximum atomic E-state index is 12.6. The van der Waals surface area contributed by atoms with E-state index in [9.17, 15) is 4.79 Å². The van der Waals surface area contributed by atoms with E-state index in [4.69, 9.17) is 4.42 Å². The van der Waals surface area contributed by atoms with E-state index in [-0.39, 0.29) is 5.91 Å². The van der Waals surface area contributed by atoms with Gasteiger partial charge in [0.15, 0.2) is 0 Å². The monoisotopic (exact) mass is 329 g/mol. The van der Waals surface area contributed by atoms with Crippen LogP contribution in [0.25, 0.3) is 17.4 Å². The Kier molecular flexibility index (Phi) is 4.21. The van der Waals surface area contributed by atoms with Gasteiger partial charge >= 0.3 is 0 Å². The summed E-state index contributed by atoms with van der Waals surface area (Å²) in [6.45, 7) is 1.41. The summed E-state index contributed by atoms with van der Waals surface area (Å²) in [5.41, 5.74) is 3.00. The van der Waals surface area contributed by atoms with E-state index >= 15 is 0 Å². The molecule has 1 aliphatic rings. The first-order chi connectivity index (χ1) is 12.3. The highest BCUT2D eigenvalue weighted by molar-refractivity contribution is 5.99. The van der Waals surface area contributed by atoms with Gasteiger partial charge in [-0.05, 0) is 30.2 Å². The van der Waals surface area contributed by atoms with Crippen LogP contribution in [0.15, 0.2) is 82.8 Å². The van der Waals surface area contributed by atoms with E-state index in [1.165, 1.54) is 0 Å². The van der Waals surface area contributed by atoms with Crippen molar-refractivity contribution in [1.29, 1.82) is 0 Å².